The van der Waals surface area contributed by atoms with Crippen molar-refractivity contribution in [1.29, 1.82) is 0 Å². The molecular weight excluding hydrogens is 416 g/mol. The highest BCUT2D eigenvalue weighted by Crippen LogP contribution is 2.27. The van der Waals surface area contributed by atoms with Gasteiger partial charge >= 0.3 is 0 Å². The van der Waals surface area contributed by atoms with Crippen LogP contribution in [0.25, 0.3) is 0 Å². The maximum atomic E-state index is 12.9. The van der Waals surface area contributed by atoms with Crippen LogP contribution in [0.2, 0.25) is 0 Å². The lowest BCUT2D eigenvalue weighted by Crippen LogP contribution is -2.40. The fraction of sp³-hybridized carbons (Fsp3) is 0.407. The number of rotatable bonds is 10. The topological polar surface area (TPSA) is 83.6 Å². The normalized spacial score (nSPS) is 13.7. The van der Waals surface area contributed by atoms with Crippen molar-refractivity contribution in [3.8, 4) is 0 Å². The molecule has 6 nitrogen and oxygen atoms in total. The highest BCUT2D eigenvalue weighted by Gasteiger charge is 2.34. The van der Waals surface area contributed by atoms with Gasteiger partial charge in [0.2, 0.25) is 5.91 Å². The molecule has 3 rings (SSSR count). The number of ketones is 2. The first-order valence-electron chi connectivity index (χ1n) is 11.4. The van der Waals surface area contributed by atoms with E-state index in [-0.39, 0.29) is 32.7 Å². The largest absolute Gasteiger partial charge is 0.352 e. The van der Waals surface area contributed by atoms with Crippen molar-refractivity contribution in [2.45, 2.75) is 72.0 Å². The number of nitrogens with zero attached hydrogens (tertiary/aromatic N) is 1. The molecule has 0 saturated heterocycles. The Morgan fingerprint density at radius 2 is 1.70 bits per heavy atom. The van der Waals surface area contributed by atoms with Crippen molar-refractivity contribution >= 4 is 23.4 Å². The molecule has 1 aliphatic heterocycles. The Kier molecular flexibility index (Phi) is 7.79. The van der Waals surface area contributed by atoms with E-state index in [4.69, 9.17) is 0 Å². The van der Waals surface area contributed by atoms with Gasteiger partial charge < -0.3 is 15.0 Å². The van der Waals surface area contributed by atoms with E-state index in [1.165, 1.54) is 19.4 Å². The van der Waals surface area contributed by atoms with E-state index in [0.717, 1.165) is 16.7 Å². The summed E-state index contributed by atoms with van der Waals surface area (Å²) in [4.78, 5) is 50.3. The Labute approximate surface area is 198 Å². The van der Waals surface area contributed by atoms with Gasteiger partial charge in [-0.1, -0.05) is 50.2 Å². The maximum Gasteiger partial charge on any atom is 0.255 e. The molecule has 178 valence electrons. The number of carbonyl (C=O) groups excluding carboxylic acids is 4. The third-order valence-corrected chi connectivity index (χ3v) is 6.12. The van der Waals surface area contributed by atoms with Gasteiger partial charge in [0.25, 0.3) is 5.91 Å². The van der Waals surface area contributed by atoms with Gasteiger partial charge in [-0.15, -0.1) is 0 Å². The van der Waals surface area contributed by atoms with Crippen molar-refractivity contribution < 1.29 is 22.0 Å². The Bertz CT molecular complexity index is 1070. The standard InChI is InChI=1S/C27H32N2O4.2H2/c1-17(2)22-9-6-20(7-10-22)14-26(32)28-15-21-8-11-24-23(13-21)16-29(27(24)33)25(19(4)31)12-5-18(3)30;;/h6-11,13,17,25H,5,12,14-16H2,1-4H3,(H,28,32);2*1H. The molecule has 6 heteroatoms. The number of nitrogens with one attached hydrogen (secondary N) is 1. The lowest BCUT2D eigenvalue weighted by Gasteiger charge is -2.25. The van der Waals surface area contributed by atoms with Gasteiger partial charge in [-0.25, -0.2) is 0 Å². The number of hydrogen-bond acceptors (Lipinski definition) is 4. The van der Waals surface area contributed by atoms with Crippen molar-refractivity contribution in [3.05, 3.63) is 70.3 Å². The van der Waals surface area contributed by atoms with Crippen molar-refractivity contribution in [1.82, 2.24) is 10.2 Å². The molecule has 1 atom stereocenters. The summed E-state index contributed by atoms with van der Waals surface area (Å²) in [5.41, 5.74) is 4.52. The van der Waals surface area contributed by atoms with E-state index in [1.807, 2.05) is 24.3 Å². The van der Waals surface area contributed by atoms with E-state index >= 15 is 0 Å². The molecular formula is C27H36N2O4. The first kappa shape index (κ1) is 24.4. The van der Waals surface area contributed by atoms with E-state index in [2.05, 4.69) is 31.3 Å². The van der Waals surface area contributed by atoms with Gasteiger partial charge in [0.15, 0.2) is 5.78 Å². The molecule has 2 aromatic carbocycles. The van der Waals surface area contributed by atoms with Crippen LogP contribution < -0.4 is 5.32 Å². The van der Waals surface area contributed by atoms with Crippen LogP contribution in [0, 0.1) is 0 Å². The van der Waals surface area contributed by atoms with Gasteiger partial charge in [0.1, 0.15) is 5.78 Å². The molecule has 0 saturated carbocycles. The maximum absolute atomic E-state index is 12.9. The predicted molar refractivity (Wildman–Crippen MR) is 131 cm³/mol. The molecule has 1 aliphatic rings. The second kappa shape index (κ2) is 10.6. The van der Waals surface area contributed by atoms with Crippen LogP contribution in [0.1, 0.15) is 81.9 Å². The second-order valence-electron chi connectivity index (χ2n) is 9.14. The van der Waals surface area contributed by atoms with E-state index in [9.17, 15) is 19.2 Å². The third-order valence-electron chi connectivity index (χ3n) is 6.12. The molecule has 33 heavy (non-hydrogen) atoms. The van der Waals surface area contributed by atoms with Crippen LogP contribution in [0.5, 0.6) is 0 Å². The van der Waals surface area contributed by atoms with Crippen LogP contribution in [0.4, 0.5) is 0 Å². The quantitative estimate of drug-likeness (QED) is 0.577. The summed E-state index contributed by atoms with van der Waals surface area (Å²) in [6.07, 6.45) is 0.916. The first-order chi connectivity index (χ1) is 15.7. The van der Waals surface area contributed by atoms with Crippen molar-refractivity contribution in [3.63, 3.8) is 0 Å². The van der Waals surface area contributed by atoms with Crippen LogP contribution in [-0.4, -0.2) is 34.3 Å². The number of Topliss-reactive ketones (excluding diaryl/α,β-unsaturated/α-hetero) is 2. The molecule has 0 aliphatic carbocycles. The summed E-state index contributed by atoms with van der Waals surface area (Å²) in [6, 6.07) is 13.0. The zero-order valence-corrected chi connectivity index (χ0v) is 19.8. The van der Waals surface area contributed by atoms with Crippen LogP contribution in [0.3, 0.4) is 0 Å². The zero-order chi connectivity index (χ0) is 24.1. The molecule has 0 radical (unpaired) electrons. The molecule has 0 bridgehead atoms. The summed E-state index contributed by atoms with van der Waals surface area (Å²) in [6.45, 7) is 7.91. The number of hydrogen-bond donors (Lipinski definition) is 1. The minimum atomic E-state index is -0.598. The monoisotopic (exact) mass is 452 g/mol. The van der Waals surface area contributed by atoms with Gasteiger partial charge in [-0.05, 0) is 54.5 Å². The third kappa shape index (κ3) is 6.15. The van der Waals surface area contributed by atoms with Crippen molar-refractivity contribution in [2.24, 2.45) is 0 Å². The molecule has 2 aromatic rings. The van der Waals surface area contributed by atoms with Gasteiger partial charge in [0, 0.05) is 27.9 Å². The number of carbonyl (C=O) groups is 4. The van der Waals surface area contributed by atoms with Gasteiger partial charge in [-0.3, -0.25) is 14.4 Å². The molecule has 2 amide bonds. The summed E-state index contributed by atoms with van der Waals surface area (Å²) < 4.78 is 0. The summed E-state index contributed by atoms with van der Waals surface area (Å²) in [7, 11) is 0. The summed E-state index contributed by atoms with van der Waals surface area (Å²) in [5, 5.41) is 2.94. The smallest absolute Gasteiger partial charge is 0.255 e. The molecule has 1 heterocycles. The van der Waals surface area contributed by atoms with E-state index in [0.29, 0.717) is 37.4 Å². The molecule has 1 unspecified atom stereocenters. The lowest BCUT2D eigenvalue weighted by molar-refractivity contribution is -0.122. The lowest BCUT2D eigenvalue weighted by atomic mass is 10.0. The van der Waals surface area contributed by atoms with Gasteiger partial charge in [-0.2, -0.15) is 0 Å². The Balaban J connectivity index is 0.00000306. The highest BCUT2D eigenvalue weighted by atomic mass is 16.2. The summed E-state index contributed by atoms with van der Waals surface area (Å²) >= 11 is 0. The van der Waals surface area contributed by atoms with Crippen LogP contribution in [0.15, 0.2) is 42.5 Å². The fourth-order valence-corrected chi connectivity index (χ4v) is 4.15. The molecule has 0 fully saturated rings. The summed E-state index contributed by atoms with van der Waals surface area (Å²) in [5.74, 6) is 0.0848. The Hall–Kier alpha value is -3.28. The SMILES string of the molecule is CC(=O)CCC(C(C)=O)N1Cc2cc(CNC(=O)Cc3ccc(C(C)C)cc3)ccc2C1=O.[HH].[HH]. The minimum absolute atomic E-state index is 0. The average Bonchev–Trinajstić information content (AvgIpc) is 3.08. The minimum Gasteiger partial charge on any atom is -0.352 e. The molecule has 0 spiro atoms. The van der Waals surface area contributed by atoms with E-state index < -0.39 is 6.04 Å². The second-order valence-corrected chi connectivity index (χ2v) is 9.14. The number of fused-ring (bicyclic) bond motifs is 1. The average molecular weight is 453 g/mol. The predicted octanol–water partition coefficient (Wildman–Crippen LogP) is 4.44. The molecule has 1 N–H and O–H groups in total. The fourth-order valence-electron chi connectivity index (χ4n) is 4.15. The zero-order valence-electron chi connectivity index (χ0n) is 19.8. The van der Waals surface area contributed by atoms with Gasteiger partial charge in [0.05, 0.1) is 12.5 Å². The van der Waals surface area contributed by atoms with E-state index in [1.54, 1.807) is 11.0 Å². The van der Waals surface area contributed by atoms with Crippen LogP contribution in [-0.2, 0) is 33.9 Å². The first-order valence-corrected chi connectivity index (χ1v) is 11.4. The Morgan fingerprint density at radius 3 is 2.30 bits per heavy atom. The number of amides is 2. The van der Waals surface area contributed by atoms with Crippen molar-refractivity contribution in [2.75, 3.05) is 0 Å². The Morgan fingerprint density at radius 1 is 1.03 bits per heavy atom. The number of benzene rings is 2. The highest BCUT2D eigenvalue weighted by molar-refractivity contribution is 6.01. The van der Waals surface area contributed by atoms with Crippen LogP contribution >= 0.6 is 0 Å². The molecule has 0 aromatic heterocycles.